The summed E-state index contributed by atoms with van der Waals surface area (Å²) >= 11 is 0. The molecule has 0 aliphatic carbocycles. The Kier molecular flexibility index (Phi) is 6.33. The van der Waals surface area contributed by atoms with Gasteiger partial charge in [-0.05, 0) is 19.8 Å². The second-order valence-corrected chi connectivity index (χ2v) is 4.60. The molecule has 0 amide bonds. The first-order valence-corrected chi connectivity index (χ1v) is 6.92. The lowest BCUT2D eigenvalue weighted by Crippen LogP contribution is -2.02. The number of ether oxygens (including phenoxy) is 2. The SMILES string of the molecule is CCCCOc1cc(O)c(C)c(OCCCC)c1O. The van der Waals surface area contributed by atoms with Crippen molar-refractivity contribution in [3.63, 3.8) is 0 Å². The standard InChI is InChI=1S/C15H24O4/c1-4-6-8-18-13-10-12(16)11(3)15(14(13)17)19-9-7-5-2/h10,16-17H,4-9H2,1-3H3. The number of benzene rings is 1. The molecule has 0 aromatic heterocycles. The van der Waals surface area contributed by atoms with Gasteiger partial charge in [-0.3, -0.25) is 0 Å². The van der Waals surface area contributed by atoms with E-state index < -0.39 is 0 Å². The number of hydrogen-bond donors (Lipinski definition) is 2. The van der Waals surface area contributed by atoms with Gasteiger partial charge in [0.1, 0.15) is 5.75 Å². The van der Waals surface area contributed by atoms with E-state index in [-0.39, 0.29) is 17.2 Å². The third-order valence-corrected chi connectivity index (χ3v) is 2.94. The van der Waals surface area contributed by atoms with Crippen LogP contribution in [-0.2, 0) is 0 Å². The minimum atomic E-state index is -0.0255. The van der Waals surface area contributed by atoms with Crippen molar-refractivity contribution in [2.45, 2.75) is 46.5 Å². The van der Waals surface area contributed by atoms with Crippen LogP contribution in [0.5, 0.6) is 23.0 Å². The Labute approximate surface area is 115 Å². The Hall–Kier alpha value is -1.58. The monoisotopic (exact) mass is 268 g/mol. The first-order valence-electron chi connectivity index (χ1n) is 6.92. The summed E-state index contributed by atoms with van der Waals surface area (Å²) in [7, 11) is 0. The van der Waals surface area contributed by atoms with E-state index in [4.69, 9.17) is 9.47 Å². The van der Waals surface area contributed by atoms with Crippen LogP contribution in [0, 0.1) is 6.92 Å². The molecule has 4 nitrogen and oxygen atoms in total. The number of hydrogen-bond acceptors (Lipinski definition) is 4. The van der Waals surface area contributed by atoms with Crippen LogP contribution >= 0.6 is 0 Å². The molecule has 2 N–H and O–H groups in total. The van der Waals surface area contributed by atoms with Gasteiger partial charge in [-0.2, -0.15) is 0 Å². The van der Waals surface area contributed by atoms with Crippen LogP contribution in [0.1, 0.15) is 45.1 Å². The van der Waals surface area contributed by atoms with E-state index in [1.165, 1.54) is 6.07 Å². The number of aromatic hydroxyl groups is 2. The molecular formula is C15H24O4. The summed E-state index contributed by atoms with van der Waals surface area (Å²) in [6, 6.07) is 1.44. The highest BCUT2D eigenvalue weighted by Gasteiger charge is 2.17. The molecule has 0 aliphatic rings. The molecular weight excluding hydrogens is 244 g/mol. The van der Waals surface area contributed by atoms with Crippen LogP contribution in [0.4, 0.5) is 0 Å². The van der Waals surface area contributed by atoms with Crippen LogP contribution in [-0.4, -0.2) is 23.4 Å². The Balaban J connectivity index is 2.87. The predicted molar refractivity (Wildman–Crippen MR) is 75.3 cm³/mol. The van der Waals surface area contributed by atoms with Crippen LogP contribution in [0.15, 0.2) is 6.07 Å². The topological polar surface area (TPSA) is 58.9 Å². The van der Waals surface area contributed by atoms with Gasteiger partial charge in [-0.1, -0.05) is 26.7 Å². The van der Waals surface area contributed by atoms with Crippen molar-refractivity contribution in [1.82, 2.24) is 0 Å². The summed E-state index contributed by atoms with van der Waals surface area (Å²) in [6.07, 6.45) is 3.83. The van der Waals surface area contributed by atoms with E-state index in [0.717, 1.165) is 25.7 Å². The van der Waals surface area contributed by atoms with Crippen molar-refractivity contribution < 1.29 is 19.7 Å². The van der Waals surface area contributed by atoms with Crippen LogP contribution in [0.3, 0.4) is 0 Å². The van der Waals surface area contributed by atoms with Crippen molar-refractivity contribution in [1.29, 1.82) is 0 Å². The summed E-state index contributed by atoms with van der Waals surface area (Å²) in [5, 5.41) is 20.0. The average molecular weight is 268 g/mol. The molecule has 1 aromatic carbocycles. The molecule has 1 rings (SSSR count). The van der Waals surface area contributed by atoms with Crippen molar-refractivity contribution in [3.05, 3.63) is 11.6 Å². The first kappa shape index (κ1) is 15.5. The highest BCUT2D eigenvalue weighted by Crippen LogP contribution is 2.43. The van der Waals surface area contributed by atoms with E-state index in [1.54, 1.807) is 6.92 Å². The predicted octanol–water partition coefficient (Wildman–Crippen LogP) is 3.76. The zero-order valence-electron chi connectivity index (χ0n) is 12.0. The first-order chi connectivity index (χ1) is 9.11. The van der Waals surface area contributed by atoms with Gasteiger partial charge in [0.25, 0.3) is 0 Å². The number of rotatable bonds is 8. The van der Waals surface area contributed by atoms with Crippen LogP contribution < -0.4 is 9.47 Å². The van der Waals surface area contributed by atoms with Gasteiger partial charge in [0.05, 0.1) is 13.2 Å². The molecule has 19 heavy (non-hydrogen) atoms. The lowest BCUT2D eigenvalue weighted by Gasteiger charge is -2.15. The molecule has 0 heterocycles. The van der Waals surface area contributed by atoms with E-state index in [9.17, 15) is 10.2 Å². The van der Waals surface area contributed by atoms with Crippen molar-refractivity contribution >= 4 is 0 Å². The largest absolute Gasteiger partial charge is 0.507 e. The zero-order valence-corrected chi connectivity index (χ0v) is 12.0. The Morgan fingerprint density at radius 3 is 2.16 bits per heavy atom. The molecule has 0 unspecified atom stereocenters. The molecule has 0 fully saturated rings. The van der Waals surface area contributed by atoms with E-state index in [0.29, 0.717) is 24.5 Å². The van der Waals surface area contributed by atoms with E-state index >= 15 is 0 Å². The lowest BCUT2D eigenvalue weighted by atomic mass is 10.1. The lowest BCUT2D eigenvalue weighted by molar-refractivity contribution is 0.263. The maximum atomic E-state index is 10.1. The highest BCUT2D eigenvalue weighted by molar-refractivity contribution is 5.59. The van der Waals surface area contributed by atoms with E-state index in [2.05, 4.69) is 13.8 Å². The normalized spacial score (nSPS) is 10.5. The van der Waals surface area contributed by atoms with Crippen molar-refractivity contribution in [3.8, 4) is 23.0 Å². The van der Waals surface area contributed by atoms with Crippen molar-refractivity contribution in [2.24, 2.45) is 0 Å². The molecule has 0 atom stereocenters. The molecule has 0 radical (unpaired) electrons. The quantitative estimate of drug-likeness (QED) is 0.556. The molecule has 0 aliphatic heterocycles. The summed E-state index contributed by atoms with van der Waals surface area (Å²) in [4.78, 5) is 0. The fourth-order valence-corrected chi connectivity index (χ4v) is 1.64. The summed E-state index contributed by atoms with van der Waals surface area (Å²) < 4.78 is 11.0. The van der Waals surface area contributed by atoms with Gasteiger partial charge >= 0.3 is 0 Å². The summed E-state index contributed by atoms with van der Waals surface area (Å²) in [5.41, 5.74) is 0.538. The second-order valence-electron chi connectivity index (χ2n) is 4.60. The number of phenolic OH excluding ortho intramolecular Hbond substituents is 2. The van der Waals surface area contributed by atoms with Crippen LogP contribution in [0.25, 0.3) is 0 Å². The molecule has 4 heteroatoms. The highest BCUT2D eigenvalue weighted by atomic mass is 16.5. The Bertz CT molecular complexity index is 402. The summed E-state index contributed by atoms with van der Waals surface area (Å²) in [5.74, 6) is 0.654. The van der Waals surface area contributed by atoms with Gasteiger partial charge in [0, 0.05) is 11.6 Å². The number of unbranched alkanes of at least 4 members (excludes halogenated alkanes) is 2. The smallest absolute Gasteiger partial charge is 0.201 e. The second kappa shape index (κ2) is 7.77. The van der Waals surface area contributed by atoms with Gasteiger partial charge in [-0.25, -0.2) is 0 Å². The van der Waals surface area contributed by atoms with Crippen LogP contribution in [0.2, 0.25) is 0 Å². The minimum Gasteiger partial charge on any atom is -0.507 e. The minimum absolute atomic E-state index is 0.0255. The Morgan fingerprint density at radius 1 is 1.00 bits per heavy atom. The maximum absolute atomic E-state index is 10.1. The molecule has 0 bridgehead atoms. The third-order valence-electron chi connectivity index (χ3n) is 2.94. The maximum Gasteiger partial charge on any atom is 0.201 e. The molecule has 0 saturated carbocycles. The van der Waals surface area contributed by atoms with E-state index in [1.807, 2.05) is 0 Å². The molecule has 0 spiro atoms. The molecule has 108 valence electrons. The van der Waals surface area contributed by atoms with Gasteiger partial charge < -0.3 is 19.7 Å². The summed E-state index contributed by atoms with van der Waals surface area (Å²) in [6.45, 7) is 6.88. The Morgan fingerprint density at radius 2 is 1.58 bits per heavy atom. The molecule has 1 aromatic rings. The fourth-order valence-electron chi connectivity index (χ4n) is 1.64. The van der Waals surface area contributed by atoms with Crippen molar-refractivity contribution in [2.75, 3.05) is 13.2 Å². The third kappa shape index (κ3) is 4.23. The zero-order chi connectivity index (χ0) is 14.3. The number of phenols is 2. The van der Waals surface area contributed by atoms with Gasteiger partial charge in [0.15, 0.2) is 11.5 Å². The van der Waals surface area contributed by atoms with Gasteiger partial charge in [-0.15, -0.1) is 0 Å². The molecule has 0 saturated heterocycles. The van der Waals surface area contributed by atoms with Gasteiger partial charge in [0.2, 0.25) is 5.75 Å². The average Bonchev–Trinajstić information content (AvgIpc) is 2.40. The fraction of sp³-hybridized carbons (Fsp3) is 0.600.